The molecule has 30 heavy (non-hydrogen) atoms. The predicted octanol–water partition coefficient (Wildman–Crippen LogP) is 2.17. The predicted molar refractivity (Wildman–Crippen MR) is 108 cm³/mol. The summed E-state index contributed by atoms with van der Waals surface area (Å²) in [6.07, 6.45) is 0.449. The minimum atomic E-state index is -3.32. The van der Waals surface area contributed by atoms with Crippen molar-refractivity contribution in [1.29, 1.82) is 0 Å². The molecule has 1 amide bonds. The third-order valence-electron chi connectivity index (χ3n) is 4.32. The fraction of sp³-hybridized carbons (Fsp3) is 0.250. The number of carbonyl (C=O) groups is 1. The molecule has 158 valence electrons. The second-order valence-electron chi connectivity index (χ2n) is 6.58. The van der Waals surface area contributed by atoms with Crippen LogP contribution in [0.25, 0.3) is 11.4 Å². The van der Waals surface area contributed by atoms with E-state index >= 15 is 0 Å². The van der Waals surface area contributed by atoms with Crippen molar-refractivity contribution >= 4 is 15.9 Å². The van der Waals surface area contributed by atoms with Crippen LogP contribution >= 0.6 is 0 Å². The molecule has 3 rings (SSSR count). The van der Waals surface area contributed by atoms with Gasteiger partial charge in [0, 0.05) is 24.9 Å². The maximum Gasteiger partial charge on any atom is 0.227 e. The van der Waals surface area contributed by atoms with Crippen molar-refractivity contribution in [1.82, 2.24) is 20.2 Å². The highest BCUT2D eigenvalue weighted by molar-refractivity contribution is 7.88. The summed E-state index contributed by atoms with van der Waals surface area (Å²) in [4.78, 5) is 16.3. The van der Waals surface area contributed by atoms with Crippen molar-refractivity contribution in [2.45, 2.75) is 25.1 Å². The first-order chi connectivity index (χ1) is 14.3. The number of sulfonamides is 1. The van der Waals surface area contributed by atoms with E-state index in [1.807, 2.05) is 0 Å². The van der Waals surface area contributed by atoms with E-state index in [1.165, 1.54) is 19.2 Å². The number of aryl methyl sites for hydroxylation is 1. The summed E-state index contributed by atoms with van der Waals surface area (Å²) >= 11 is 0. The number of hydrogen-bond acceptors (Lipinski definition) is 6. The highest BCUT2D eigenvalue weighted by Crippen LogP contribution is 2.16. The molecule has 0 spiro atoms. The van der Waals surface area contributed by atoms with Crippen molar-refractivity contribution in [3.63, 3.8) is 0 Å². The van der Waals surface area contributed by atoms with Gasteiger partial charge < -0.3 is 9.84 Å². The molecule has 1 aromatic heterocycles. The molecular weight excluding hydrogens is 411 g/mol. The molecule has 0 aliphatic carbocycles. The second kappa shape index (κ2) is 9.59. The van der Waals surface area contributed by atoms with E-state index in [-0.39, 0.29) is 30.3 Å². The molecule has 0 saturated carbocycles. The normalized spacial score (nSPS) is 11.4. The summed E-state index contributed by atoms with van der Waals surface area (Å²) in [6, 6.07) is 12.7. The lowest BCUT2D eigenvalue weighted by atomic mass is 10.1. The standard InChI is InChI=1S/C20H21FN4O4S/c1-22-30(27,28)13-15-4-2-14(3-5-15)12-23-18(26)10-11-19-24-20(25-29-19)16-6-8-17(21)9-7-16/h2-9,22H,10-13H2,1H3,(H,23,26). The van der Waals surface area contributed by atoms with Gasteiger partial charge in [-0.15, -0.1) is 0 Å². The SMILES string of the molecule is CNS(=O)(=O)Cc1ccc(CNC(=O)CCc2nc(-c3ccc(F)cc3)no2)cc1. The van der Waals surface area contributed by atoms with Crippen molar-refractivity contribution in [2.24, 2.45) is 0 Å². The highest BCUT2D eigenvalue weighted by Gasteiger charge is 2.11. The maximum atomic E-state index is 13.0. The van der Waals surface area contributed by atoms with Crippen LogP contribution < -0.4 is 10.0 Å². The van der Waals surface area contributed by atoms with Gasteiger partial charge in [0.05, 0.1) is 5.75 Å². The number of benzene rings is 2. The zero-order valence-corrected chi connectivity index (χ0v) is 17.1. The number of hydrogen-bond donors (Lipinski definition) is 2. The second-order valence-corrected chi connectivity index (χ2v) is 8.50. The van der Waals surface area contributed by atoms with Crippen molar-refractivity contribution < 1.29 is 22.1 Å². The summed E-state index contributed by atoms with van der Waals surface area (Å²) in [5.74, 6) is 0.0285. The Hall–Kier alpha value is -3.11. The molecular formula is C20H21FN4O4S. The molecule has 10 heteroatoms. The van der Waals surface area contributed by atoms with Gasteiger partial charge in [-0.1, -0.05) is 29.4 Å². The van der Waals surface area contributed by atoms with Crippen LogP contribution in [-0.2, 0) is 33.5 Å². The van der Waals surface area contributed by atoms with Gasteiger partial charge in [-0.05, 0) is 42.4 Å². The first kappa shape index (κ1) is 21.6. The first-order valence-corrected chi connectivity index (χ1v) is 10.8. The summed E-state index contributed by atoms with van der Waals surface area (Å²) in [5.41, 5.74) is 2.14. The van der Waals surface area contributed by atoms with E-state index in [1.54, 1.807) is 36.4 Å². The van der Waals surface area contributed by atoms with Gasteiger partial charge in [0.25, 0.3) is 0 Å². The van der Waals surface area contributed by atoms with Gasteiger partial charge in [-0.3, -0.25) is 4.79 Å². The van der Waals surface area contributed by atoms with Crippen molar-refractivity contribution in [2.75, 3.05) is 7.05 Å². The summed E-state index contributed by atoms with van der Waals surface area (Å²) < 4.78 is 43.5. The van der Waals surface area contributed by atoms with Crippen LogP contribution in [0, 0.1) is 5.82 Å². The van der Waals surface area contributed by atoms with Gasteiger partial charge in [-0.2, -0.15) is 4.98 Å². The van der Waals surface area contributed by atoms with Crippen molar-refractivity contribution in [3.05, 3.63) is 71.4 Å². The Kier molecular flexibility index (Phi) is 6.91. The van der Waals surface area contributed by atoms with E-state index < -0.39 is 10.0 Å². The Balaban J connectivity index is 1.46. The monoisotopic (exact) mass is 432 g/mol. The Morgan fingerprint density at radius 1 is 1.07 bits per heavy atom. The quantitative estimate of drug-likeness (QED) is 0.536. The van der Waals surface area contributed by atoms with Gasteiger partial charge in [0.1, 0.15) is 5.82 Å². The van der Waals surface area contributed by atoms with Crippen molar-refractivity contribution in [3.8, 4) is 11.4 Å². The smallest absolute Gasteiger partial charge is 0.227 e. The van der Waals surface area contributed by atoms with Gasteiger partial charge >= 0.3 is 0 Å². The Morgan fingerprint density at radius 3 is 2.40 bits per heavy atom. The number of nitrogens with one attached hydrogen (secondary N) is 2. The van der Waals surface area contributed by atoms with Crippen LogP contribution in [0.4, 0.5) is 4.39 Å². The molecule has 0 radical (unpaired) electrons. The first-order valence-electron chi connectivity index (χ1n) is 9.19. The molecule has 0 aliphatic heterocycles. The lowest BCUT2D eigenvalue weighted by molar-refractivity contribution is -0.121. The Morgan fingerprint density at radius 2 is 1.73 bits per heavy atom. The zero-order chi connectivity index (χ0) is 21.6. The molecule has 2 aromatic carbocycles. The number of amides is 1. The fourth-order valence-corrected chi connectivity index (χ4v) is 3.40. The third kappa shape index (κ3) is 6.19. The molecule has 0 unspecified atom stereocenters. The molecule has 1 heterocycles. The van der Waals surface area contributed by atoms with E-state index in [2.05, 4.69) is 20.2 Å². The summed E-state index contributed by atoms with van der Waals surface area (Å²) in [7, 11) is -1.95. The number of halogens is 1. The van der Waals surface area contributed by atoms with Crippen LogP contribution in [0.15, 0.2) is 53.1 Å². The van der Waals surface area contributed by atoms with Gasteiger partial charge in [0.15, 0.2) is 0 Å². The minimum Gasteiger partial charge on any atom is -0.352 e. The molecule has 8 nitrogen and oxygen atoms in total. The molecule has 0 bridgehead atoms. The molecule has 0 saturated heterocycles. The molecule has 0 atom stereocenters. The average molecular weight is 432 g/mol. The van der Waals surface area contributed by atoms with Crippen LogP contribution in [-0.4, -0.2) is 31.5 Å². The van der Waals surface area contributed by atoms with E-state index in [0.29, 0.717) is 29.4 Å². The lowest BCUT2D eigenvalue weighted by Gasteiger charge is -2.06. The molecule has 2 N–H and O–H groups in total. The van der Waals surface area contributed by atoms with Gasteiger partial charge in [0.2, 0.25) is 27.6 Å². The number of rotatable bonds is 9. The van der Waals surface area contributed by atoms with Crippen LogP contribution in [0.2, 0.25) is 0 Å². The Labute approximate surface area is 173 Å². The van der Waals surface area contributed by atoms with Crippen LogP contribution in [0.1, 0.15) is 23.4 Å². The molecule has 3 aromatic rings. The topological polar surface area (TPSA) is 114 Å². The summed E-state index contributed by atoms with van der Waals surface area (Å²) in [6.45, 7) is 0.322. The third-order valence-corrected chi connectivity index (χ3v) is 5.65. The largest absolute Gasteiger partial charge is 0.352 e. The highest BCUT2D eigenvalue weighted by atomic mass is 32.2. The fourth-order valence-electron chi connectivity index (χ4n) is 2.63. The molecule has 0 aliphatic rings. The maximum absolute atomic E-state index is 13.0. The number of nitrogens with zero attached hydrogens (tertiary/aromatic N) is 2. The average Bonchev–Trinajstić information content (AvgIpc) is 3.21. The number of carbonyl (C=O) groups excluding carboxylic acids is 1. The van der Waals surface area contributed by atoms with Crippen LogP contribution in [0.3, 0.4) is 0 Å². The lowest BCUT2D eigenvalue weighted by Crippen LogP contribution is -2.23. The minimum absolute atomic E-state index is 0.0970. The van der Waals surface area contributed by atoms with Crippen LogP contribution in [0.5, 0.6) is 0 Å². The van der Waals surface area contributed by atoms with E-state index in [4.69, 9.17) is 4.52 Å². The zero-order valence-electron chi connectivity index (χ0n) is 16.3. The van der Waals surface area contributed by atoms with E-state index in [9.17, 15) is 17.6 Å². The Bertz CT molecular complexity index is 1100. The van der Waals surface area contributed by atoms with E-state index in [0.717, 1.165) is 5.56 Å². The number of aromatic nitrogens is 2. The van der Waals surface area contributed by atoms with Gasteiger partial charge in [-0.25, -0.2) is 17.5 Å². The summed E-state index contributed by atoms with van der Waals surface area (Å²) in [5, 5.41) is 6.63. The molecule has 0 fully saturated rings.